The van der Waals surface area contributed by atoms with E-state index in [-0.39, 0.29) is 110 Å². The number of ketones is 3. The molecule has 0 saturated carbocycles. The number of nitrogens with one attached hydrogen (secondary N) is 2. The molecule has 0 bridgehead atoms. The zero-order valence-electron chi connectivity index (χ0n) is 85.7. The van der Waals surface area contributed by atoms with Crippen LogP contribution >= 0.6 is 22.7 Å². The van der Waals surface area contributed by atoms with Gasteiger partial charge in [-0.25, -0.2) is 24.4 Å². The van der Waals surface area contributed by atoms with Gasteiger partial charge in [-0.2, -0.15) is 0 Å². The van der Waals surface area contributed by atoms with Gasteiger partial charge in [-0.15, -0.1) is 22.7 Å². The number of likely N-dealkylation sites (N-methyl/N-ethyl adjacent to an activating group) is 2. The Labute approximate surface area is 840 Å². The molecule has 0 spiro atoms. The van der Waals surface area contributed by atoms with Crippen molar-refractivity contribution in [1.82, 2.24) is 40.2 Å². The van der Waals surface area contributed by atoms with Crippen LogP contribution < -0.4 is 16.4 Å². The predicted molar refractivity (Wildman–Crippen MR) is 547 cm³/mol. The number of nitrogens with zero attached hydrogens (tertiary/aromatic N) is 6. The fourth-order valence-corrected chi connectivity index (χ4v) is 21.9. The summed E-state index contributed by atoms with van der Waals surface area (Å²) in [6.07, 6.45) is 5.65. The third-order valence-corrected chi connectivity index (χ3v) is 31.0. The average Bonchev–Trinajstić information content (AvgIpc) is 1.61. The highest BCUT2D eigenvalue weighted by molar-refractivity contribution is 7.09. The SMILES string of the molecule is CC(C)(NC(=O)OCC1c2ccccc2-c2ccccc21)C(=O)O.CC[C@H](C)[C@@H]([C@@H](CC(=O)N1CCC[C@H]1[C@H](OC)[C@@H](C)C(=O)C[C@@H](Cc1ccccc1)c1nccs1)OC)N(C)C(=O)[C@@H](CC(=O)C(C)(C)NC(=O)OCC1c2ccccc2-c2ccccc21)C(C)(C)O.CC[C@H](C)[C@@H]([C@@H](CC(=O)N1CCC[C@H]1[C@H](OC)[C@@H](C)C(=O)C[C@@H](Cc1ccccc1)c1nccs1)OC)N(C)C(=O)[C@@H](N)C(C)(C)O. The number of carbonyl (C=O) groups is 10. The Hall–Kier alpha value is -10.8. The summed E-state index contributed by atoms with van der Waals surface area (Å²) in [6, 6.07) is 49.5. The van der Waals surface area contributed by atoms with Crippen LogP contribution in [0.4, 0.5) is 9.59 Å². The molecule has 28 nitrogen and oxygen atoms in total. The van der Waals surface area contributed by atoms with E-state index in [1.54, 1.807) is 84.3 Å². The molecule has 764 valence electrons. The largest absolute Gasteiger partial charge is 0.480 e. The van der Waals surface area contributed by atoms with Crippen molar-refractivity contribution in [2.75, 3.05) is 68.8 Å². The van der Waals surface area contributed by atoms with Crippen LogP contribution in [-0.4, -0.2) is 250 Å². The number of alkyl carbamates (subject to hydrolysis) is 2. The fraction of sp³-hybridized carbons (Fsp3) is 0.532. The van der Waals surface area contributed by atoms with Gasteiger partial charge >= 0.3 is 18.2 Å². The third kappa shape index (κ3) is 28.4. The van der Waals surface area contributed by atoms with Gasteiger partial charge in [0.25, 0.3) is 0 Å². The Bertz CT molecular complexity index is 5370. The first-order valence-electron chi connectivity index (χ1n) is 49.3. The first-order valence-corrected chi connectivity index (χ1v) is 51.1. The number of benzene rings is 6. The Balaban J connectivity index is 0.000000245. The minimum atomic E-state index is -1.65. The van der Waals surface area contributed by atoms with Crippen LogP contribution in [0.25, 0.3) is 22.3 Å². The number of amides is 6. The smallest absolute Gasteiger partial charge is 0.408 e. The number of carboxylic acid groups (broad SMARTS) is 1. The van der Waals surface area contributed by atoms with Crippen molar-refractivity contribution in [1.29, 1.82) is 0 Å². The van der Waals surface area contributed by atoms with Crippen LogP contribution in [0.3, 0.4) is 0 Å². The van der Waals surface area contributed by atoms with E-state index in [2.05, 4.69) is 69.1 Å². The van der Waals surface area contributed by atoms with Crippen LogP contribution in [0.15, 0.2) is 181 Å². The van der Waals surface area contributed by atoms with E-state index in [0.29, 0.717) is 45.2 Å². The molecule has 2 fully saturated rings. The summed E-state index contributed by atoms with van der Waals surface area (Å²) in [5.41, 5.74) is 11.4. The van der Waals surface area contributed by atoms with Crippen LogP contribution in [0.1, 0.15) is 235 Å². The summed E-state index contributed by atoms with van der Waals surface area (Å²) in [6.45, 7) is 25.0. The van der Waals surface area contributed by atoms with Crippen LogP contribution in [0.5, 0.6) is 0 Å². The normalized spacial score (nSPS) is 17.7. The van der Waals surface area contributed by atoms with Crippen molar-refractivity contribution in [2.24, 2.45) is 35.3 Å². The van der Waals surface area contributed by atoms with Crippen LogP contribution in [0.2, 0.25) is 0 Å². The fourth-order valence-electron chi connectivity index (χ4n) is 20.5. The summed E-state index contributed by atoms with van der Waals surface area (Å²) < 4.78 is 35.2. The molecular weight excluding hydrogens is 1830 g/mol. The average molecular weight is 1980 g/mol. The number of ether oxygens (including phenoxy) is 6. The number of aliphatic carboxylic acids is 1. The lowest BCUT2D eigenvalue weighted by Gasteiger charge is -2.42. The number of hydrogen-bond donors (Lipinski definition) is 6. The number of methoxy groups -OCH3 is 4. The van der Waals surface area contributed by atoms with Gasteiger partial charge in [0.1, 0.15) is 36.4 Å². The summed E-state index contributed by atoms with van der Waals surface area (Å²) >= 11 is 3.11. The van der Waals surface area contributed by atoms with E-state index in [4.69, 9.17) is 39.3 Å². The molecule has 2 aromatic heterocycles. The monoisotopic (exact) mass is 1980 g/mol. The van der Waals surface area contributed by atoms with Crippen LogP contribution in [-0.2, 0) is 79.6 Å². The standard InChI is InChI=1S/C56H74N4O9S.C36H56N4O6S.C19H19NO4/c1-11-35(2)50(47(67-9)33-49(63)60-28-19-26-45(60)51(68-10)36(3)46(61)31-38(52-57-27-29-70-52)30-37-20-13-12-14-21-37)59(8)53(64)44(56(6,7)66)32-48(62)55(4,5)58-54(65)69-34-43-41-24-17-15-22-39(41)40-23-16-18-25-42(40)43;1-9-23(2)31(39(6)35(43)33(37)36(4,5)44)29(45-7)22-30(42)40-18-13-16-27(40)32(46-8)24(3)28(41)21-26(34-38-17-19-47-34)20-25-14-11-10-12-15-25;1-19(2,17(21)22)20-18(23)24-11-16-14-9-5-3-7-12(14)13-8-4-6-10-15(13)16/h12-18,20-25,27,29,35-36,38,43-45,47,50-51,66H,11,19,26,28,30-34H2,1-10H3,(H,58,65);10-12,14-15,17,19,23-24,26-27,29,31-33,44H,9,13,16,18,20-22,37H2,1-8H3;3-10,16H,11H2,1-2H3,(H,20,23)(H,21,22)/t35-,36-,38+,44+,45-,47+,50-,51+;23-,24-,26+,27-,29+,31-,32+,33+;/m00./s1. The summed E-state index contributed by atoms with van der Waals surface area (Å²) in [4.78, 5) is 151. The first kappa shape index (κ1) is 112. The highest BCUT2D eigenvalue weighted by atomic mass is 32.1. The highest BCUT2D eigenvalue weighted by Gasteiger charge is 2.49. The number of fused-ring (bicyclic) bond motifs is 6. The minimum absolute atomic E-state index is 0.00360. The topological polar surface area (TPSA) is 376 Å². The maximum Gasteiger partial charge on any atom is 0.408 e. The van der Waals surface area contributed by atoms with Gasteiger partial charge in [-0.1, -0.05) is 212 Å². The van der Waals surface area contributed by atoms with E-state index >= 15 is 0 Å². The molecule has 30 heteroatoms. The maximum atomic E-state index is 14.7. The molecule has 8 aromatic rings. The van der Waals surface area contributed by atoms with E-state index in [1.807, 2.05) is 171 Å². The minimum Gasteiger partial charge on any atom is -0.480 e. The van der Waals surface area contributed by atoms with Crippen molar-refractivity contribution in [3.63, 3.8) is 0 Å². The lowest BCUT2D eigenvalue weighted by molar-refractivity contribution is -0.154. The molecule has 12 rings (SSSR count). The molecule has 4 aliphatic rings. The number of Topliss-reactive ketones (excluding diaryl/α,β-unsaturated/α-hetero) is 3. The van der Waals surface area contributed by atoms with Crippen molar-refractivity contribution in [3.8, 4) is 22.3 Å². The molecule has 7 N–H and O–H groups in total. The summed E-state index contributed by atoms with van der Waals surface area (Å²) in [5, 5.41) is 41.8. The van der Waals surface area contributed by atoms with Gasteiger partial charge in [-0.05, 0) is 161 Å². The second-order valence-corrected chi connectivity index (χ2v) is 42.3. The third-order valence-electron chi connectivity index (χ3n) is 29.2. The zero-order chi connectivity index (χ0) is 103. The predicted octanol–water partition coefficient (Wildman–Crippen LogP) is 16.8. The van der Waals surface area contributed by atoms with Gasteiger partial charge in [0.15, 0.2) is 5.78 Å². The second kappa shape index (κ2) is 50.9. The molecule has 0 unspecified atom stereocenters. The Morgan fingerprint density at radius 2 is 0.823 bits per heavy atom. The van der Waals surface area contributed by atoms with Gasteiger partial charge in [0, 0.05) is 134 Å². The number of aromatic nitrogens is 2. The number of carboxylic acids is 1. The highest BCUT2D eigenvalue weighted by Crippen LogP contribution is 2.47. The van der Waals surface area contributed by atoms with Crippen LogP contribution in [0, 0.1) is 29.6 Å². The molecule has 6 amide bonds. The molecule has 6 aromatic carbocycles. The first-order chi connectivity index (χ1) is 66.9. The zero-order valence-corrected chi connectivity index (χ0v) is 87.3. The van der Waals surface area contributed by atoms with E-state index in [9.17, 15) is 58.2 Å². The van der Waals surface area contributed by atoms with E-state index < -0.39 is 118 Å². The van der Waals surface area contributed by atoms with Crippen molar-refractivity contribution in [2.45, 2.75) is 281 Å². The quantitative estimate of drug-likeness (QED) is 0.0206. The number of nitrogens with two attached hydrogens (primary N) is 1. The summed E-state index contributed by atoms with van der Waals surface area (Å²) in [5.74, 6) is -5.30. The maximum absolute atomic E-state index is 14.7. The number of likely N-dealkylation sites (tertiary alicyclic amines) is 2. The van der Waals surface area contributed by atoms with E-state index in [1.165, 1.54) is 58.5 Å². The molecule has 0 radical (unpaired) electrons. The molecule has 2 aliphatic carbocycles. The Kier molecular flexibility index (Phi) is 40.5. The molecule has 141 heavy (non-hydrogen) atoms. The van der Waals surface area contributed by atoms with Gasteiger partial charge in [-0.3, -0.25) is 33.6 Å². The number of rotatable bonds is 46. The molecule has 2 aliphatic heterocycles. The van der Waals surface area contributed by atoms with Gasteiger partial charge in [0.2, 0.25) is 23.6 Å². The molecule has 2 saturated heterocycles. The summed E-state index contributed by atoms with van der Waals surface area (Å²) in [7, 11) is 9.57. The number of hydrogen-bond acceptors (Lipinski definition) is 23. The molecular formula is C111H149N9O19S2. The molecule has 4 heterocycles. The van der Waals surface area contributed by atoms with E-state index in [0.717, 1.165) is 91.3 Å². The Morgan fingerprint density at radius 3 is 1.14 bits per heavy atom. The van der Waals surface area contributed by atoms with Crippen molar-refractivity contribution in [3.05, 3.63) is 224 Å². The van der Waals surface area contributed by atoms with Crippen molar-refractivity contribution >= 4 is 81.8 Å². The number of carbonyl (C=O) groups excluding carboxylic acids is 9. The Morgan fingerprint density at radius 1 is 0.475 bits per heavy atom. The van der Waals surface area contributed by atoms with Gasteiger partial charge < -0.3 is 79.7 Å². The lowest BCUT2D eigenvalue weighted by Crippen LogP contribution is -2.59. The molecule has 16 atom stereocenters. The number of aliphatic hydroxyl groups is 2. The van der Waals surface area contributed by atoms with Gasteiger partial charge in [0.05, 0.1) is 94.1 Å². The number of thiazole rings is 2. The van der Waals surface area contributed by atoms with Crippen molar-refractivity contribution < 1.29 is 91.7 Å². The second-order valence-electron chi connectivity index (χ2n) is 40.5. The lowest BCUT2D eigenvalue weighted by atomic mass is 9.80.